The summed E-state index contributed by atoms with van der Waals surface area (Å²) in [5, 5.41) is 4.48. The molecule has 1 aromatic heterocycles. The molecule has 112 valence electrons. The number of likely N-dealkylation sites (N-methyl/N-ethyl adjacent to an activating group) is 1. The number of hydrogen-bond acceptors (Lipinski definition) is 5. The Kier molecular flexibility index (Phi) is 4.40. The van der Waals surface area contributed by atoms with Crippen molar-refractivity contribution >= 4 is 11.3 Å². The van der Waals surface area contributed by atoms with Gasteiger partial charge in [-0.2, -0.15) is 0 Å². The van der Waals surface area contributed by atoms with E-state index in [-0.39, 0.29) is 5.60 Å². The molecule has 1 saturated heterocycles. The van der Waals surface area contributed by atoms with Crippen LogP contribution in [0.1, 0.15) is 47.2 Å². The fourth-order valence-corrected chi connectivity index (χ4v) is 4.77. The van der Waals surface area contributed by atoms with Gasteiger partial charge in [-0.25, -0.2) is 4.98 Å². The smallest absolute Gasteiger partial charge is 0.125 e. The molecule has 3 rings (SSSR count). The Labute approximate surface area is 124 Å². The molecule has 1 atom stereocenters. The van der Waals surface area contributed by atoms with E-state index in [0.717, 1.165) is 32.6 Å². The van der Waals surface area contributed by atoms with Crippen LogP contribution in [-0.4, -0.2) is 38.9 Å². The van der Waals surface area contributed by atoms with Crippen molar-refractivity contribution in [1.82, 2.24) is 10.3 Å². The number of methoxy groups -OCH3 is 1. The third-order valence-corrected chi connectivity index (χ3v) is 5.92. The first-order chi connectivity index (χ1) is 9.79. The van der Waals surface area contributed by atoms with E-state index in [0.29, 0.717) is 5.92 Å². The van der Waals surface area contributed by atoms with Gasteiger partial charge in [0.1, 0.15) is 10.6 Å². The van der Waals surface area contributed by atoms with Crippen molar-refractivity contribution in [3.05, 3.63) is 15.6 Å². The van der Waals surface area contributed by atoms with E-state index in [1.807, 2.05) is 25.5 Å². The van der Waals surface area contributed by atoms with Crippen molar-refractivity contribution in [3.63, 3.8) is 0 Å². The summed E-state index contributed by atoms with van der Waals surface area (Å²) in [7, 11) is 3.84. The van der Waals surface area contributed by atoms with Gasteiger partial charge < -0.3 is 14.8 Å². The molecule has 0 bridgehead atoms. The highest BCUT2D eigenvalue weighted by Gasteiger charge is 2.39. The van der Waals surface area contributed by atoms with E-state index in [1.54, 1.807) is 0 Å². The molecule has 5 heteroatoms. The molecule has 2 aliphatic rings. The third-order valence-electron chi connectivity index (χ3n) is 4.60. The molecular formula is C15H24N2O2S. The summed E-state index contributed by atoms with van der Waals surface area (Å²) >= 11 is 1.88. The van der Waals surface area contributed by atoms with E-state index in [2.05, 4.69) is 5.32 Å². The van der Waals surface area contributed by atoms with Gasteiger partial charge in [0.25, 0.3) is 0 Å². The van der Waals surface area contributed by atoms with E-state index in [9.17, 15) is 0 Å². The minimum Gasteiger partial charge on any atom is -0.381 e. The molecule has 1 aromatic rings. The van der Waals surface area contributed by atoms with Crippen LogP contribution in [0.15, 0.2) is 0 Å². The molecule has 1 fully saturated rings. The van der Waals surface area contributed by atoms with Crippen molar-refractivity contribution in [2.75, 3.05) is 33.9 Å². The predicted molar refractivity (Wildman–Crippen MR) is 80.5 cm³/mol. The van der Waals surface area contributed by atoms with Gasteiger partial charge in [0.2, 0.25) is 0 Å². The number of rotatable bonds is 4. The summed E-state index contributed by atoms with van der Waals surface area (Å²) in [5.74, 6) is 0.572. The second kappa shape index (κ2) is 6.10. The zero-order valence-electron chi connectivity index (χ0n) is 12.4. The summed E-state index contributed by atoms with van der Waals surface area (Å²) in [5.41, 5.74) is 1.12. The Hall–Kier alpha value is -0.490. The molecule has 1 N–H and O–H groups in total. The maximum Gasteiger partial charge on any atom is 0.125 e. The fourth-order valence-electron chi connectivity index (χ4n) is 3.35. The summed E-state index contributed by atoms with van der Waals surface area (Å²) in [6.07, 6.45) is 5.56. The number of aryl methyl sites for hydroxylation is 1. The van der Waals surface area contributed by atoms with Crippen molar-refractivity contribution in [2.24, 2.45) is 0 Å². The molecule has 0 amide bonds. The molecule has 0 aromatic carbocycles. The molecule has 0 saturated carbocycles. The Bertz CT molecular complexity index is 455. The van der Waals surface area contributed by atoms with Crippen LogP contribution < -0.4 is 5.32 Å². The summed E-state index contributed by atoms with van der Waals surface area (Å²) in [4.78, 5) is 6.50. The zero-order chi connectivity index (χ0) is 14.0. The minimum absolute atomic E-state index is 0.204. The molecule has 4 nitrogen and oxygen atoms in total. The van der Waals surface area contributed by atoms with Crippen molar-refractivity contribution in [1.29, 1.82) is 0 Å². The second-order valence-corrected chi connectivity index (χ2v) is 6.87. The van der Waals surface area contributed by atoms with Gasteiger partial charge in [0, 0.05) is 50.5 Å². The van der Waals surface area contributed by atoms with Gasteiger partial charge in [-0.05, 0) is 26.3 Å². The Morgan fingerprint density at radius 3 is 2.95 bits per heavy atom. The molecule has 1 aliphatic heterocycles. The van der Waals surface area contributed by atoms with Crippen LogP contribution in [0.25, 0.3) is 0 Å². The molecule has 0 spiro atoms. The fraction of sp³-hybridized carbons (Fsp3) is 0.800. The van der Waals surface area contributed by atoms with Gasteiger partial charge in [-0.15, -0.1) is 11.3 Å². The van der Waals surface area contributed by atoms with Crippen LogP contribution in [0.2, 0.25) is 0 Å². The third kappa shape index (κ3) is 2.52. The quantitative estimate of drug-likeness (QED) is 0.927. The van der Waals surface area contributed by atoms with Crippen molar-refractivity contribution < 1.29 is 9.47 Å². The normalized spacial score (nSPS) is 25.4. The second-order valence-electron chi connectivity index (χ2n) is 5.79. The number of nitrogens with one attached hydrogen (secondary N) is 1. The lowest BCUT2D eigenvalue weighted by molar-refractivity contribution is -0.0949. The molecule has 0 radical (unpaired) electrons. The van der Waals surface area contributed by atoms with Crippen molar-refractivity contribution in [2.45, 2.75) is 43.6 Å². The first-order valence-electron chi connectivity index (χ1n) is 7.56. The monoisotopic (exact) mass is 296 g/mol. The van der Waals surface area contributed by atoms with Crippen LogP contribution >= 0.6 is 11.3 Å². The van der Waals surface area contributed by atoms with Gasteiger partial charge in [-0.1, -0.05) is 0 Å². The molecule has 1 aliphatic carbocycles. The lowest BCUT2D eigenvalue weighted by Crippen LogP contribution is -2.35. The molecule has 1 unspecified atom stereocenters. The zero-order valence-corrected chi connectivity index (χ0v) is 13.2. The highest BCUT2D eigenvalue weighted by molar-refractivity contribution is 7.11. The highest BCUT2D eigenvalue weighted by atomic mass is 32.1. The van der Waals surface area contributed by atoms with E-state index >= 15 is 0 Å². The Morgan fingerprint density at radius 2 is 2.25 bits per heavy atom. The van der Waals surface area contributed by atoms with Crippen LogP contribution in [0, 0.1) is 0 Å². The minimum atomic E-state index is -0.204. The van der Waals surface area contributed by atoms with Gasteiger partial charge in [0.05, 0.1) is 5.69 Å². The van der Waals surface area contributed by atoms with Gasteiger partial charge in [0.15, 0.2) is 0 Å². The molecular weight excluding hydrogens is 272 g/mol. The van der Waals surface area contributed by atoms with Crippen LogP contribution in [0.5, 0.6) is 0 Å². The van der Waals surface area contributed by atoms with Crippen LogP contribution in [0.3, 0.4) is 0 Å². The van der Waals surface area contributed by atoms with Gasteiger partial charge >= 0.3 is 0 Å². The first kappa shape index (κ1) is 14.4. The summed E-state index contributed by atoms with van der Waals surface area (Å²) in [6, 6.07) is 0. The van der Waals surface area contributed by atoms with Crippen LogP contribution in [0.4, 0.5) is 0 Å². The molecule has 20 heavy (non-hydrogen) atoms. The van der Waals surface area contributed by atoms with Crippen LogP contribution in [-0.2, 0) is 21.5 Å². The largest absolute Gasteiger partial charge is 0.381 e. The SMILES string of the molecule is CNCC1CCCc2sc(C3(OC)CCOCC3)nc21. The van der Waals surface area contributed by atoms with E-state index in [4.69, 9.17) is 14.5 Å². The average molecular weight is 296 g/mol. The number of aromatic nitrogens is 1. The Morgan fingerprint density at radius 1 is 1.45 bits per heavy atom. The number of ether oxygens (including phenoxy) is 2. The predicted octanol–water partition coefficient (Wildman–Crippen LogP) is 2.43. The lowest BCUT2D eigenvalue weighted by Gasteiger charge is -2.34. The standard InChI is InChI=1S/C15H24N2O2S/c1-16-10-11-4-3-5-12-13(11)17-14(20-12)15(18-2)6-8-19-9-7-15/h11,16H,3-10H2,1-2H3. The number of thiazole rings is 1. The number of fused-ring (bicyclic) bond motifs is 1. The van der Waals surface area contributed by atoms with E-state index < -0.39 is 0 Å². The Balaban J connectivity index is 1.91. The lowest BCUT2D eigenvalue weighted by atomic mass is 9.90. The average Bonchev–Trinajstić information content (AvgIpc) is 2.94. The maximum absolute atomic E-state index is 5.89. The maximum atomic E-state index is 5.89. The van der Waals surface area contributed by atoms with Gasteiger partial charge in [-0.3, -0.25) is 0 Å². The summed E-state index contributed by atoms with van der Waals surface area (Å²) in [6.45, 7) is 2.58. The highest BCUT2D eigenvalue weighted by Crippen LogP contribution is 2.42. The van der Waals surface area contributed by atoms with E-state index in [1.165, 1.54) is 34.8 Å². The number of nitrogens with zero attached hydrogens (tertiary/aromatic N) is 1. The first-order valence-corrected chi connectivity index (χ1v) is 8.38. The molecule has 2 heterocycles. The topological polar surface area (TPSA) is 43.4 Å². The number of hydrogen-bond donors (Lipinski definition) is 1. The van der Waals surface area contributed by atoms with Crippen molar-refractivity contribution in [3.8, 4) is 0 Å². The summed E-state index contributed by atoms with van der Waals surface area (Å²) < 4.78 is 11.4.